The number of hydrogen-bond donors (Lipinski definition) is 1. The summed E-state index contributed by atoms with van der Waals surface area (Å²) in [4.78, 5) is 0. The third-order valence-electron chi connectivity index (χ3n) is 13.5. The molecule has 4 saturated carbocycles. The second kappa shape index (κ2) is 10.5. The van der Waals surface area contributed by atoms with E-state index in [-0.39, 0.29) is 5.04 Å². The number of hydrogen-bond acceptors (Lipinski definition) is 2. The monoisotopic (exact) mass is 532 g/mol. The Bertz CT molecular complexity index is 783. The standard InChI is InChI=1S/C34H64O2Si/c1-11-12-13-14-19-34(8,35)30-16-15-26-25-23-29(36-37(9,10)31(3,4)5)28-22-24(2)17-20-32(28,6)27(25)18-21-33(26,30)7/h24-30,35H,11-23H2,1-10H3/t24-,25-,26-,27-,28+,29-,30-,32+,33-,34-/m0/s1. The van der Waals surface area contributed by atoms with Crippen LogP contribution in [0.4, 0.5) is 0 Å². The topological polar surface area (TPSA) is 29.5 Å². The van der Waals surface area contributed by atoms with E-state index >= 15 is 0 Å². The van der Waals surface area contributed by atoms with Crippen LogP contribution < -0.4 is 0 Å². The van der Waals surface area contributed by atoms with Crippen LogP contribution >= 0.6 is 0 Å². The minimum Gasteiger partial charge on any atom is -0.414 e. The Morgan fingerprint density at radius 3 is 2.14 bits per heavy atom. The fourth-order valence-corrected chi connectivity index (χ4v) is 11.6. The van der Waals surface area contributed by atoms with Gasteiger partial charge in [0.1, 0.15) is 0 Å². The van der Waals surface area contributed by atoms with E-state index in [0.29, 0.717) is 22.9 Å². The molecule has 10 atom stereocenters. The summed E-state index contributed by atoms with van der Waals surface area (Å²) in [6.07, 6.45) is 17.2. The quantitative estimate of drug-likeness (QED) is 0.249. The van der Waals surface area contributed by atoms with Gasteiger partial charge < -0.3 is 9.53 Å². The number of rotatable bonds is 8. The minimum absolute atomic E-state index is 0.260. The first kappa shape index (κ1) is 30.1. The van der Waals surface area contributed by atoms with Gasteiger partial charge in [0, 0.05) is 6.10 Å². The molecule has 0 aromatic carbocycles. The summed E-state index contributed by atoms with van der Waals surface area (Å²) in [5.74, 6) is 4.44. The maximum absolute atomic E-state index is 11.9. The van der Waals surface area contributed by atoms with E-state index in [1.165, 1.54) is 77.0 Å². The predicted octanol–water partition coefficient (Wildman–Crippen LogP) is 10.0. The number of fused-ring (bicyclic) bond motifs is 5. The van der Waals surface area contributed by atoms with Crippen LogP contribution in [0.1, 0.15) is 139 Å². The summed E-state index contributed by atoms with van der Waals surface area (Å²) in [6.45, 7) is 24.5. The van der Waals surface area contributed by atoms with Crippen molar-refractivity contribution in [2.24, 2.45) is 46.3 Å². The molecule has 0 aromatic rings. The molecule has 0 saturated heterocycles. The molecule has 4 aliphatic rings. The van der Waals surface area contributed by atoms with Gasteiger partial charge in [-0.3, -0.25) is 0 Å². The fraction of sp³-hybridized carbons (Fsp3) is 1.00. The van der Waals surface area contributed by atoms with Crippen molar-refractivity contribution < 1.29 is 9.53 Å². The normalized spacial score (nSPS) is 44.0. The average Bonchev–Trinajstić information content (AvgIpc) is 3.15. The van der Waals surface area contributed by atoms with E-state index in [2.05, 4.69) is 68.5 Å². The van der Waals surface area contributed by atoms with Crippen molar-refractivity contribution in [1.82, 2.24) is 0 Å². The fourth-order valence-electron chi connectivity index (χ4n) is 10.3. The molecular formula is C34H64O2Si. The van der Waals surface area contributed by atoms with Crippen molar-refractivity contribution in [3.63, 3.8) is 0 Å². The van der Waals surface area contributed by atoms with E-state index < -0.39 is 13.9 Å². The van der Waals surface area contributed by atoms with Gasteiger partial charge in [-0.25, -0.2) is 0 Å². The average molecular weight is 533 g/mol. The van der Waals surface area contributed by atoms with Crippen molar-refractivity contribution in [3.05, 3.63) is 0 Å². The third kappa shape index (κ3) is 5.42. The lowest BCUT2D eigenvalue weighted by Gasteiger charge is -2.64. The van der Waals surface area contributed by atoms with E-state index in [4.69, 9.17) is 4.43 Å². The summed E-state index contributed by atoms with van der Waals surface area (Å²) in [7, 11) is -1.84. The van der Waals surface area contributed by atoms with Crippen molar-refractivity contribution in [1.29, 1.82) is 0 Å². The summed E-state index contributed by atoms with van der Waals surface area (Å²) in [6, 6.07) is 0. The SMILES string of the molecule is CCCCCC[C@](C)(O)[C@H]1CC[C@H]2[C@@H]3C[C@H](O[Si](C)(C)C(C)(C)C)[C@H]4C[C@@H](C)CC[C@]4(C)[C@H]3CC[C@@]21C. The summed E-state index contributed by atoms with van der Waals surface area (Å²) < 4.78 is 7.42. The second-order valence-electron chi connectivity index (χ2n) is 16.9. The molecule has 0 aromatic heterocycles. The van der Waals surface area contributed by atoms with Crippen molar-refractivity contribution in [2.75, 3.05) is 0 Å². The molecule has 4 rings (SSSR count). The highest BCUT2D eigenvalue weighted by Gasteiger charge is 2.64. The summed E-state index contributed by atoms with van der Waals surface area (Å²) in [5, 5.41) is 12.1. The molecule has 4 aliphatic carbocycles. The van der Waals surface area contributed by atoms with E-state index in [1.807, 2.05) is 0 Å². The molecule has 0 unspecified atom stereocenters. The Morgan fingerprint density at radius 2 is 1.49 bits per heavy atom. The van der Waals surface area contributed by atoms with Gasteiger partial charge in [0.15, 0.2) is 8.32 Å². The van der Waals surface area contributed by atoms with Crippen LogP contribution in [0.5, 0.6) is 0 Å². The second-order valence-corrected chi connectivity index (χ2v) is 21.6. The lowest BCUT2D eigenvalue weighted by molar-refractivity contribution is -0.170. The lowest BCUT2D eigenvalue weighted by Crippen LogP contribution is -2.60. The Hall–Kier alpha value is 0.137. The van der Waals surface area contributed by atoms with Crippen LogP contribution in [0, 0.1) is 46.3 Å². The zero-order valence-corrected chi connectivity index (χ0v) is 27.6. The molecule has 1 N–H and O–H groups in total. The Labute approximate surface area is 232 Å². The number of unbranched alkanes of at least 4 members (excludes halogenated alkanes) is 3. The molecule has 4 fully saturated rings. The number of aliphatic hydroxyl groups is 1. The molecular weight excluding hydrogens is 468 g/mol. The first-order valence-electron chi connectivity index (χ1n) is 16.5. The van der Waals surface area contributed by atoms with E-state index in [9.17, 15) is 5.11 Å². The molecule has 216 valence electrons. The van der Waals surface area contributed by atoms with E-state index in [1.54, 1.807) is 0 Å². The molecule has 0 heterocycles. The smallest absolute Gasteiger partial charge is 0.192 e. The minimum atomic E-state index is -1.84. The molecule has 2 nitrogen and oxygen atoms in total. The largest absolute Gasteiger partial charge is 0.414 e. The molecule has 3 heteroatoms. The van der Waals surface area contributed by atoms with Gasteiger partial charge in [-0.05, 0) is 123 Å². The van der Waals surface area contributed by atoms with Gasteiger partial charge in [0.2, 0.25) is 0 Å². The highest BCUT2D eigenvalue weighted by molar-refractivity contribution is 6.74. The highest BCUT2D eigenvalue weighted by atomic mass is 28.4. The van der Waals surface area contributed by atoms with Crippen molar-refractivity contribution in [2.45, 2.75) is 169 Å². The highest BCUT2D eigenvalue weighted by Crippen LogP contribution is 2.69. The molecule has 0 radical (unpaired) electrons. The zero-order chi connectivity index (χ0) is 27.4. The maximum atomic E-state index is 11.9. The molecule has 0 amide bonds. The van der Waals surface area contributed by atoms with Gasteiger partial charge in [-0.2, -0.15) is 0 Å². The predicted molar refractivity (Wildman–Crippen MR) is 161 cm³/mol. The van der Waals surface area contributed by atoms with Gasteiger partial charge in [0.05, 0.1) is 5.60 Å². The summed E-state index contributed by atoms with van der Waals surface area (Å²) >= 11 is 0. The van der Waals surface area contributed by atoms with Gasteiger partial charge in [-0.15, -0.1) is 0 Å². The Balaban J connectivity index is 1.60. The Kier molecular flexibility index (Phi) is 8.56. The Morgan fingerprint density at radius 1 is 0.838 bits per heavy atom. The van der Waals surface area contributed by atoms with E-state index in [0.717, 1.165) is 36.0 Å². The van der Waals surface area contributed by atoms with Gasteiger partial charge >= 0.3 is 0 Å². The van der Waals surface area contributed by atoms with Gasteiger partial charge in [-0.1, -0.05) is 80.6 Å². The third-order valence-corrected chi connectivity index (χ3v) is 18.0. The van der Waals surface area contributed by atoms with Crippen LogP contribution in [0.25, 0.3) is 0 Å². The molecule has 0 bridgehead atoms. The van der Waals surface area contributed by atoms with Crippen LogP contribution in [0.3, 0.4) is 0 Å². The maximum Gasteiger partial charge on any atom is 0.192 e. The zero-order valence-electron chi connectivity index (χ0n) is 26.6. The molecule has 37 heavy (non-hydrogen) atoms. The van der Waals surface area contributed by atoms with Gasteiger partial charge in [0.25, 0.3) is 0 Å². The summed E-state index contributed by atoms with van der Waals surface area (Å²) in [5.41, 5.74) is 0.217. The molecule has 0 spiro atoms. The van der Waals surface area contributed by atoms with Crippen LogP contribution in [0.2, 0.25) is 18.1 Å². The van der Waals surface area contributed by atoms with Crippen LogP contribution in [-0.4, -0.2) is 25.1 Å². The van der Waals surface area contributed by atoms with Crippen molar-refractivity contribution in [3.8, 4) is 0 Å². The first-order chi connectivity index (χ1) is 17.1. The van der Waals surface area contributed by atoms with Crippen LogP contribution in [-0.2, 0) is 4.43 Å². The lowest BCUT2D eigenvalue weighted by atomic mass is 9.43. The van der Waals surface area contributed by atoms with Crippen LogP contribution in [0.15, 0.2) is 0 Å². The van der Waals surface area contributed by atoms with Crippen molar-refractivity contribution >= 4 is 8.32 Å². The first-order valence-corrected chi connectivity index (χ1v) is 19.4. The molecule has 0 aliphatic heterocycles.